The summed E-state index contributed by atoms with van der Waals surface area (Å²) in [5.74, 6) is 1.45. The number of rotatable bonds is 7. The normalized spacial score (nSPS) is 11.4. The lowest BCUT2D eigenvalue weighted by Crippen LogP contribution is -2.32. The maximum atomic E-state index is 5.72. The van der Waals surface area contributed by atoms with Gasteiger partial charge in [-0.1, -0.05) is 28.9 Å². The van der Waals surface area contributed by atoms with Gasteiger partial charge in [-0.2, -0.15) is 0 Å². The second-order valence-corrected chi connectivity index (χ2v) is 5.17. The summed E-state index contributed by atoms with van der Waals surface area (Å²) >= 11 is 3.44. The molecular formula is C14H22BrN3O. The predicted octanol–water partition coefficient (Wildman–Crippen LogP) is 2.70. The molecule has 1 aromatic rings. The van der Waals surface area contributed by atoms with Gasteiger partial charge in [0.2, 0.25) is 0 Å². The van der Waals surface area contributed by atoms with E-state index >= 15 is 0 Å². The largest absolute Gasteiger partial charge is 0.496 e. The highest BCUT2D eigenvalue weighted by molar-refractivity contribution is 9.10. The summed E-state index contributed by atoms with van der Waals surface area (Å²) < 4.78 is 6.39. The summed E-state index contributed by atoms with van der Waals surface area (Å²) in [7, 11) is 1.69. The van der Waals surface area contributed by atoms with Gasteiger partial charge in [0.05, 0.1) is 7.11 Å². The summed E-state index contributed by atoms with van der Waals surface area (Å²) in [6, 6.07) is 6.10. The summed E-state index contributed by atoms with van der Waals surface area (Å²) in [6.45, 7) is 3.67. The van der Waals surface area contributed by atoms with Crippen molar-refractivity contribution in [1.82, 2.24) is 5.32 Å². The van der Waals surface area contributed by atoms with Gasteiger partial charge in [-0.25, -0.2) is 0 Å². The summed E-state index contributed by atoms with van der Waals surface area (Å²) in [5.41, 5.74) is 6.93. The third-order valence-electron chi connectivity index (χ3n) is 2.68. The highest BCUT2D eigenvalue weighted by Gasteiger charge is 2.03. The molecule has 19 heavy (non-hydrogen) atoms. The third-order valence-corrected chi connectivity index (χ3v) is 3.18. The Balaban J connectivity index is 2.37. The number of nitrogens with zero attached hydrogens (tertiary/aromatic N) is 1. The molecule has 0 bridgehead atoms. The van der Waals surface area contributed by atoms with Crippen molar-refractivity contribution in [2.24, 2.45) is 10.7 Å². The second-order valence-electron chi connectivity index (χ2n) is 4.25. The van der Waals surface area contributed by atoms with Crippen LogP contribution in [0.4, 0.5) is 0 Å². The topological polar surface area (TPSA) is 59.6 Å². The van der Waals surface area contributed by atoms with E-state index < -0.39 is 0 Å². The Bertz CT molecular complexity index is 421. The van der Waals surface area contributed by atoms with E-state index in [1.807, 2.05) is 12.1 Å². The number of aliphatic imine (C=N–C) groups is 1. The Kier molecular flexibility index (Phi) is 7.33. The first kappa shape index (κ1) is 15.8. The van der Waals surface area contributed by atoms with Crippen LogP contribution >= 0.6 is 15.9 Å². The highest BCUT2D eigenvalue weighted by atomic mass is 79.9. The van der Waals surface area contributed by atoms with Gasteiger partial charge in [0, 0.05) is 17.6 Å². The van der Waals surface area contributed by atoms with Crippen LogP contribution < -0.4 is 15.8 Å². The predicted molar refractivity (Wildman–Crippen MR) is 83.8 cm³/mol. The van der Waals surface area contributed by atoms with E-state index in [0.717, 1.165) is 42.6 Å². The van der Waals surface area contributed by atoms with Crippen molar-refractivity contribution in [3.63, 3.8) is 0 Å². The lowest BCUT2D eigenvalue weighted by atomic mass is 10.1. The fourth-order valence-corrected chi connectivity index (χ4v) is 2.05. The van der Waals surface area contributed by atoms with Crippen molar-refractivity contribution < 1.29 is 4.74 Å². The molecule has 5 heteroatoms. The van der Waals surface area contributed by atoms with Crippen LogP contribution in [0.5, 0.6) is 5.75 Å². The van der Waals surface area contributed by atoms with Gasteiger partial charge in [0.1, 0.15) is 5.75 Å². The molecule has 0 aliphatic carbocycles. The average Bonchev–Trinajstić information content (AvgIpc) is 2.42. The monoisotopic (exact) mass is 327 g/mol. The molecule has 0 amide bonds. The van der Waals surface area contributed by atoms with Gasteiger partial charge in [-0.05, 0) is 37.0 Å². The van der Waals surface area contributed by atoms with Crippen LogP contribution in [0.3, 0.4) is 0 Å². The van der Waals surface area contributed by atoms with E-state index in [-0.39, 0.29) is 0 Å². The maximum absolute atomic E-state index is 5.72. The number of halogens is 1. The number of ether oxygens (including phenoxy) is 1. The molecule has 0 aliphatic rings. The number of hydrogen-bond acceptors (Lipinski definition) is 2. The van der Waals surface area contributed by atoms with E-state index in [4.69, 9.17) is 10.5 Å². The number of nitrogens with one attached hydrogen (secondary N) is 1. The molecule has 0 heterocycles. The zero-order valence-corrected chi connectivity index (χ0v) is 13.2. The minimum Gasteiger partial charge on any atom is -0.496 e. The van der Waals surface area contributed by atoms with E-state index in [1.54, 1.807) is 7.11 Å². The molecular weight excluding hydrogens is 306 g/mol. The molecule has 3 N–H and O–H groups in total. The van der Waals surface area contributed by atoms with Gasteiger partial charge in [0.15, 0.2) is 5.96 Å². The number of guanidine groups is 1. The molecule has 0 saturated carbocycles. The Hall–Kier alpha value is -1.23. The summed E-state index contributed by atoms with van der Waals surface area (Å²) in [5, 5.41) is 3.11. The first-order valence-electron chi connectivity index (χ1n) is 6.53. The number of nitrogens with two attached hydrogens (primary N) is 1. The maximum Gasteiger partial charge on any atom is 0.188 e. The number of hydrogen-bond donors (Lipinski definition) is 2. The van der Waals surface area contributed by atoms with Gasteiger partial charge in [-0.3, -0.25) is 4.99 Å². The van der Waals surface area contributed by atoms with Crippen molar-refractivity contribution in [1.29, 1.82) is 0 Å². The highest BCUT2D eigenvalue weighted by Crippen LogP contribution is 2.24. The SMILES string of the molecule is CCCN=C(N)NCCCc1ccc(Br)cc1OC. The van der Waals surface area contributed by atoms with Crippen LogP contribution in [0.2, 0.25) is 0 Å². The molecule has 4 nitrogen and oxygen atoms in total. The first-order valence-corrected chi connectivity index (χ1v) is 7.33. The smallest absolute Gasteiger partial charge is 0.188 e. The molecule has 0 aliphatic heterocycles. The van der Waals surface area contributed by atoms with Crippen LogP contribution in [0, 0.1) is 0 Å². The van der Waals surface area contributed by atoms with Crippen LogP contribution in [-0.2, 0) is 6.42 Å². The molecule has 0 radical (unpaired) electrons. The Morgan fingerprint density at radius 1 is 1.47 bits per heavy atom. The van der Waals surface area contributed by atoms with Crippen LogP contribution in [-0.4, -0.2) is 26.2 Å². The summed E-state index contributed by atoms with van der Waals surface area (Å²) in [4.78, 5) is 4.18. The zero-order valence-electron chi connectivity index (χ0n) is 11.6. The van der Waals surface area contributed by atoms with Crippen molar-refractivity contribution in [2.75, 3.05) is 20.2 Å². The Morgan fingerprint density at radius 2 is 2.26 bits per heavy atom. The first-order chi connectivity index (χ1) is 9.17. The lowest BCUT2D eigenvalue weighted by Gasteiger charge is -2.09. The molecule has 0 spiro atoms. The average molecular weight is 328 g/mol. The van der Waals surface area contributed by atoms with Gasteiger partial charge < -0.3 is 15.8 Å². The number of methoxy groups -OCH3 is 1. The van der Waals surface area contributed by atoms with E-state index in [9.17, 15) is 0 Å². The van der Waals surface area contributed by atoms with Crippen LogP contribution in [0.1, 0.15) is 25.3 Å². The minimum absolute atomic E-state index is 0.532. The Morgan fingerprint density at radius 3 is 2.95 bits per heavy atom. The lowest BCUT2D eigenvalue weighted by molar-refractivity contribution is 0.409. The molecule has 106 valence electrons. The molecule has 0 saturated heterocycles. The molecule has 0 atom stereocenters. The zero-order chi connectivity index (χ0) is 14.1. The molecule has 0 fully saturated rings. The Labute approximate surface area is 123 Å². The second kappa shape index (κ2) is 8.80. The van der Waals surface area contributed by atoms with E-state index in [0.29, 0.717) is 5.96 Å². The van der Waals surface area contributed by atoms with Crippen molar-refractivity contribution in [3.8, 4) is 5.75 Å². The van der Waals surface area contributed by atoms with Crippen molar-refractivity contribution >= 4 is 21.9 Å². The quantitative estimate of drug-likeness (QED) is 0.460. The summed E-state index contributed by atoms with van der Waals surface area (Å²) in [6.07, 6.45) is 2.95. The van der Waals surface area contributed by atoms with Crippen molar-refractivity contribution in [3.05, 3.63) is 28.2 Å². The molecule has 0 unspecified atom stereocenters. The fourth-order valence-electron chi connectivity index (χ4n) is 1.71. The minimum atomic E-state index is 0.532. The van der Waals surface area contributed by atoms with Gasteiger partial charge in [0.25, 0.3) is 0 Å². The standard InChI is InChI=1S/C14H22BrN3O/c1-3-8-17-14(16)18-9-4-5-11-6-7-12(15)10-13(11)19-2/h6-7,10H,3-5,8-9H2,1-2H3,(H3,16,17,18). The van der Waals surface area contributed by atoms with Gasteiger partial charge >= 0.3 is 0 Å². The molecule has 1 aromatic carbocycles. The van der Waals surface area contributed by atoms with Crippen LogP contribution in [0.15, 0.2) is 27.7 Å². The molecule has 0 aromatic heterocycles. The van der Waals surface area contributed by atoms with E-state index in [1.165, 1.54) is 5.56 Å². The number of benzene rings is 1. The number of aryl methyl sites for hydroxylation is 1. The fraction of sp³-hybridized carbons (Fsp3) is 0.500. The van der Waals surface area contributed by atoms with Crippen LogP contribution in [0.25, 0.3) is 0 Å². The molecule has 1 rings (SSSR count). The van der Waals surface area contributed by atoms with Gasteiger partial charge in [-0.15, -0.1) is 0 Å². The third kappa shape index (κ3) is 5.96. The van der Waals surface area contributed by atoms with E-state index in [2.05, 4.69) is 39.2 Å². The van der Waals surface area contributed by atoms with Crippen molar-refractivity contribution in [2.45, 2.75) is 26.2 Å².